The number of benzene rings is 2. The van der Waals surface area contributed by atoms with Gasteiger partial charge < -0.3 is 44.1 Å². The fourth-order valence-corrected chi connectivity index (χ4v) is 10.2. The van der Waals surface area contributed by atoms with E-state index >= 15 is 0 Å². The van der Waals surface area contributed by atoms with Crippen molar-refractivity contribution in [2.24, 2.45) is 16.7 Å². The number of ether oxygens (including phenoxy) is 5. The Morgan fingerprint density at radius 3 is 2.07 bits per heavy atom. The summed E-state index contributed by atoms with van der Waals surface area (Å²) in [5.41, 5.74) is -9.27. The number of hydrogen-bond acceptors (Lipinski definition) is 15. The zero-order valence-corrected chi connectivity index (χ0v) is 33.7. The summed E-state index contributed by atoms with van der Waals surface area (Å²) in [5, 5.41) is 49.3. The van der Waals surface area contributed by atoms with Crippen LogP contribution in [0.1, 0.15) is 83.3 Å². The van der Waals surface area contributed by atoms with Gasteiger partial charge in [-0.05, 0) is 56.5 Å². The fourth-order valence-electron chi connectivity index (χ4n) is 10.2. The normalized spacial score (nSPS) is 35.4. The highest BCUT2D eigenvalue weighted by atomic mass is 16.6. The first-order valence-corrected chi connectivity index (χ1v) is 19.5. The second kappa shape index (κ2) is 14.3. The molecule has 7 rings (SSSR count). The maximum absolute atomic E-state index is 15.0. The van der Waals surface area contributed by atoms with E-state index in [-0.39, 0.29) is 35.3 Å². The Morgan fingerprint density at radius 2 is 1.53 bits per heavy atom. The maximum atomic E-state index is 15.0. The van der Waals surface area contributed by atoms with Crippen LogP contribution in [-0.2, 0) is 42.9 Å². The first-order chi connectivity index (χ1) is 27.5. The number of amides is 2. The number of nitrogens with zero attached hydrogens (tertiary/aromatic N) is 1. The molecular weight excluding hydrogens is 770 g/mol. The molecule has 0 radical (unpaired) electrons. The molecule has 16 heteroatoms. The van der Waals surface area contributed by atoms with Crippen LogP contribution in [0.15, 0.2) is 71.8 Å². The third-order valence-corrected chi connectivity index (χ3v) is 13.4. The van der Waals surface area contributed by atoms with Gasteiger partial charge in [0.25, 0.3) is 5.91 Å². The summed E-state index contributed by atoms with van der Waals surface area (Å²) in [4.78, 5) is 83.4. The molecule has 2 saturated heterocycles. The summed E-state index contributed by atoms with van der Waals surface area (Å²) in [6, 6.07) is 13.9. The monoisotopic (exact) mass is 819 g/mol. The van der Waals surface area contributed by atoms with Gasteiger partial charge in [0.15, 0.2) is 23.1 Å². The van der Waals surface area contributed by atoms with Crippen molar-refractivity contribution in [3.05, 3.63) is 82.9 Å². The van der Waals surface area contributed by atoms with E-state index in [9.17, 15) is 49.2 Å². The summed E-state index contributed by atoms with van der Waals surface area (Å²) < 4.78 is 29.4. The zero-order valence-electron chi connectivity index (χ0n) is 33.7. The van der Waals surface area contributed by atoms with Gasteiger partial charge in [0.1, 0.15) is 36.1 Å². The SMILES string of the molecule is CC(=O)O[C@@]12CO[C@@H]1C[C@H](O)[C@@]1(C)C(=O)[C@H](O)C3=C(C)[C@@H](OC(=O)[C@H](O)[C@H](c4ccccc4)N4C(=O)OC(C)(C)C4=O)C[C@@](O)([C@@H](OC(=O)c4ccccc4)[C@@H]21)C3(C)C. The highest BCUT2D eigenvalue weighted by Gasteiger charge is 2.78. The third kappa shape index (κ3) is 6.21. The minimum Gasteiger partial charge on any atom is -0.456 e. The molecule has 4 N–H and O–H groups in total. The van der Waals surface area contributed by atoms with Crippen molar-refractivity contribution in [1.82, 2.24) is 4.90 Å². The number of carbonyl (C=O) groups excluding carboxylic acids is 6. The van der Waals surface area contributed by atoms with E-state index in [1.807, 2.05) is 0 Å². The van der Waals surface area contributed by atoms with Crippen molar-refractivity contribution < 1.29 is 72.9 Å². The van der Waals surface area contributed by atoms with Crippen LogP contribution in [-0.4, -0.2) is 121 Å². The average molecular weight is 820 g/mol. The van der Waals surface area contributed by atoms with Crippen molar-refractivity contribution in [3.8, 4) is 0 Å². The topological polar surface area (TPSA) is 233 Å². The summed E-state index contributed by atoms with van der Waals surface area (Å²) in [6.45, 7) is 9.42. The van der Waals surface area contributed by atoms with Crippen molar-refractivity contribution in [3.63, 3.8) is 0 Å². The number of ketones is 1. The molecule has 2 aromatic carbocycles. The lowest BCUT2D eigenvalue weighted by atomic mass is 9.44. The molecule has 3 aliphatic carbocycles. The average Bonchev–Trinajstić information content (AvgIpc) is 3.38. The molecule has 316 valence electrons. The smallest absolute Gasteiger partial charge is 0.418 e. The Bertz CT molecular complexity index is 2120. The highest BCUT2D eigenvalue weighted by molar-refractivity contribution is 6.03. The van der Waals surface area contributed by atoms with E-state index < -0.39 is 118 Å². The number of imide groups is 1. The van der Waals surface area contributed by atoms with Crippen LogP contribution in [0.2, 0.25) is 0 Å². The minimum absolute atomic E-state index is 0.0577. The first kappa shape index (κ1) is 42.1. The van der Waals surface area contributed by atoms with Crippen LogP contribution in [0.5, 0.6) is 0 Å². The van der Waals surface area contributed by atoms with Crippen LogP contribution in [0.3, 0.4) is 0 Å². The second-order valence-electron chi connectivity index (χ2n) is 17.4. The molecule has 16 nitrogen and oxygen atoms in total. The number of rotatable bonds is 8. The van der Waals surface area contributed by atoms with Crippen molar-refractivity contribution in [2.75, 3.05) is 6.61 Å². The van der Waals surface area contributed by atoms with E-state index in [0.29, 0.717) is 4.90 Å². The summed E-state index contributed by atoms with van der Waals surface area (Å²) in [5.74, 6) is -6.42. The molecule has 0 aromatic heterocycles. The number of hydrogen-bond donors (Lipinski definition) is 4. The molecule has 4 fully saturated rings. The van der Waals surface area contributed by atoms with Gasteiger partial charge >= 0.3 is 24.0 Å². The number of fused-ring (bicyclic) bond motifs is 5. The van der Waals surface area contributed by atoms with Crippen LogP contribution in [0.25, 0.3) is 0 Å². The lowest BCUT2D eigenvalue weighted by molar-refractivity contribution is -0.346. The van der Waals surface area contributed by atoms with Crippen molar-refractivity contribution in [2.45, 2.75) is 121 Å². The van der Waals surface area contributed by atoms with E-state index in [1.165, 1.54) is 65.8 Å². The molecule has 59 heavy (non-hydrogen) atoms. The van der Waals surface area contributed by atoms with Gasteiger partial charge in [-0.3, -0.25) is 14.4 Å². The third-order valence-electron chi connectivity index (χ3n) is 13.4. The Hall–Kier alpha value is -5.00. The molecule has 2 aromatic rings. The van der Waals surface area contributed by atoms with E-state index in [1.54, 1.807) is 36.4 Å². The van der Waals surface area contributed by atoms with Gasteiger partial charge in [-0.2, -0.15) is 0 Å². The largest absolute Gasteiger partial charge is 0.456 e. The number of aliphatic hydroxyl groups is 4. The van der Waals surface area contributed by atoms with Crippen LogP contribution in [0, 0.1) is 16.7 Å². The first-order valence-electron chi connectivity index (χ1n) is 19.5. The van der Waals surface area contributed by atoms with E-state index in [4.69, 9.17) is 23.7 Å². The molecule has 11 atom stereocenters. The highest BCUT2D eigenvalue weighted by Crippen LogP contribution is 2.64. The second-order valence-corrected chi connectivity index (χ2v) is 17.4. The lowest BCUT2D eigenvalue weighted by Crippen LogP contribution is -2.81. The van der Waals surface area contributed by atoms with Crippen LogP contribution < -0.4 is 0 Å². The summed E-state index contributed by atoms with van der Waals surface area (Å²) in [6.07, 6.45) is -12.1. The van der Waals surface area contributed by atoms with Gasteiger partial charge in [-0.25, -0.2) is 19.3 Å². The van der Waals surface area contributed by atoms with E-state index in [0.717, 1.165) is 6.92 Å². The number of cyclic esters (lactones) is 1. The Labute approximate surface area is 340 Å². The molecule has 2 bridgehead atoms. The molecule has 2 aliphatic heterocycles. The van der Waals surface area contributed by atoms with Gasteiger partial charge in [-0.1, -0.05) is 62.4 Å². The zero-order chi connectivity index (χ0) is 43.2. The number of esters is 3. The van der Waals surface area contributed by atoms with Crippen molar-refractivity contribution >= 4 is 35.7 Å². The number of Topliss-reactive ketones (excluding diaryl/α,β-unsaturated/α-hetero) is 1. The van der Waals surface area contributed by atoms with Gasteiger partial charge in [0.05, 0.1) is 29.6 Å². The minimum atomic E-state index is -2.41. The molecule has 5 aliphatic rings. The van der Waals surface area contributed by atoms with Gasteiger partial charge in [0, 0.05) is 25.2 Å². The predicted octanol–water partition coefficient (Wildman–Crippen LogP) is 2.49. The van der Waals surface area contributed by atoms with Crippen molar-refractivity contribution in [1.29, 1.82) is 0 Å². The molecule has 2 amide bonds. The Balaban J connectivity index is 1.37. The van der Waals surface area contributed by atoms with Gasteiger partial charge in [0.2, 0.25) is 0 Å². The predicted molar refractivity (Wildman–Crippen MR) is 202 cm³/mol. The quantitative estimate of drug-likeness (QED) is 0.170. The van der Waals surface area contributed by atoms with E-state index in [2.05, 4.69) is 0 Å². The van der Waals surface area contributed by atoms with Crippen LogP contribution in [0.4, 0.5) is 4.79 Å². The van der Waals surface area contributed by atoms with Crippen LogP contribution >= 0.6 is 0 Å². The Kier molecular flexibility index (Phi) is 10.2. The standard InChI is InChI=1S/C43H49NO15/c1-21-25(56-36(51)31(48)29(23-14-10-8-11-15-23)44-37(52)40(5,6)59-38(44)53)19-43(54)34(57-35(50)24-16-12-9-13-17-24)32-41(7,33(49)30(47)28(21)39(43,3)4)26(46)18-27-42(32,20-55-27)58-22(2)45/h8-17,25-27,29-32,34,46-48,54H,18-20H2,1-7H3/t25-,26-,27+,29-,30+,31+,32+,34-,41+,42-,43+/m0/s1. The number of aliphatic hydroxyl groups excluding tert-OH is 3. The maximum Gasteiger partial charge on any atom is 0.418 e. The molecule has 0 unspecified atom stereocenters. The molecule has 2 heterocycles. The molecule has 2 saturated carbocycles. The summed E-state index contributed by atoms with van der Waals surface area (Å²) in [7, 11) is 0. The molecule has 0 spiro atoms. The summed E-state index contributed by atoms with van der Waals surface area (Å²) >= 11 is 0. The lowest BCUT2D eigenvalue weighted by Gasteiger charge is -2.67. The Morgan fingerprint density at radius 1 is 0.915 bits per heavy atom. The molecular formula is C43H49NO15. The van der Waals surface area contributed by atoms with Gasteiger partial charge in [-0.15, -0.1) is 0 Å². The fraction of sp³-hybridized carbons (Fsp3) is 0.535. The number of carbonyl (C=O) groups is 6.